The SMILES string of the molecule is CCOc1ccc([C@@H]2/C(=C(\O)c3ccc4c(c3)C[C@H](C)O4)C(=O)C(=O)N2c2nc3ccc(OC)cc3s2)cc1. The standard InChI is InChI=1S/C30H26N2O6S/c1-4-37-20-8-5-17(6-9-20)26-25(27(33)18-7-12-23-19(14-18)13-16(2)38-23)28(34)29(35)32(26)30-31-22-11-10-21(36-3)15-24(22)39-30/h5-12,14-16,26,33H,4,13H2,1-3H3/b27-25+/t16-,26+/m0/s1. The Hall–Kier alpha value is -4.37. The second-order valence-electron chi connectivity index (χ2n) is 9.46. The van der Waals surface area contributed by atoms with Crippen molar-refractivity contribution < 1.29 is 28.9 Å². The molecule has 4 aromatic rings. The van der Waals surface area contributed by atoms with Crippen LogP contribution < -0.4 is 19.1 Å². The highest BCUT2D eigenvalue weighted by atomic mass is 32.1. The van der Waals surface area contributed by atoms with Crippen LogP contribution in [0.4, 0.5) is 5.13 Å². The van der Waals surface area contributed by atoms with Gasteiger partial charge in [0.2, 0.25) is 0 Å². The van der Waals surface area contributed by atoms with Crippen LogP contribution in [0.1, 0.15) is 36.6 Å². The maximum atomic E-state index is 13.6. The van der Waals surface area contributed by atoms with Crippen LogP contribution in [0.15, 0.2) is 66.2 Å². The zero-order valence-electron chi connectivity index (χ0n) is 21.6. The molecule has 39 heavy (non-hydrogen) atoms. The van der Waals surface area contributed by atoms with E-state index in [2.05, 4.69) is 4.98 Å². The van der Waals surface area contributed by atoms with E-state index in [1.54, 1.807) is 49.6 Å². The van der Waals surface area contributed by atoms with E-state index in [1.165, 1.54) is 16.2 Å². The molecule has 8 nitrogen and oxygen atoms in total. The number of methoxy groups -OCH3 is 1. The lowest BCUT2D eigenvalue weighted by Gasteiger charge is -2.23. The van der Waals surface area contributed by atoms with E-state index < -0.39 is 17.7 Å². The van der Waals surface area contributed by atoms with Crippen LogP contribution in [0.2, 0.25) is 0 Å². The van der Waals surface area contributed by atoms with Crippen molar-refractivity contribution in [2.75, 3.05) is 18.6 Å². The third-order valence-corrected chi connectivity index (χ3v) is 7.93. The summed E-state index contributed by atoms with van der Waals surface area (Å²) in [5, 5.41) is 11.9. The van der Waals surface area contributed by atoms with Crippen molar-refractivity contribution >= 4 is 44.1 Å². The molecule has 0 unspecified atom stereocenters. The van der Waals surface area contributed by atoms with Gasteiger partial charge in [-0.3, -0.25) is 14.5 Å². The van der Waals surface area contributed by atoms with Crippen molar-refractivity contribution in [1.82, 2.24) is 4.98 Å². The van der Waals surface area contributed by atoms with Crippen molar-refractivity contribution in [2.45, 2.75) is 32.4 Å². The molecule has 1 fully saturated rings. The highest BCUT2D eigenvalue weighted by Crippen LogP contribution is 2.45. The zero-order valence-corrected chi connectivity index (χ0v) is 22.5. The van der Waals surface area contributed by atoms with E-state index in [0.717, 1.165) is 16.0 Å². The molecule has 0 saturated carbocycles. The Morgan fingerprint density at radius 2 is 1.87 bits per heavy atom. The first kappa shape index (κ1) is 24.9. The smallest absolute Gasteiger partial charge is 0.301 e. The Morgan fingerprint density at radius 3 is 2.62 bits per heavy atom. The third kappa shape index (κ3) is 4.28. The number of nitrogens with zero attached hydrogens (tertiary/aromatic N) is 2. The fraction of sp³-hybridized carbons (Fsp3) is 0.233. The normalized spacial score (nSPS) is 19.8. The number of thiazole rings is 1. The van der Waals surface area contributed by atoms with Gasteiger partial charge in [-0.25, -0.2) is 4.98 Å². The Morgan fingerprint density at radius 1 is 1.10 bits per heavy atom. The van der Waals surface area contributed by atoms with Gasteiger partial charge in [0.15, 0.2) is 5.13 Å². The number of Topliss-reactive ketones (excluding diaryl/α,β-unsaturated/α-hetero) is 1. The van der Waals surface area contributed by atoms with Crippen molar-refractivity contribution in [3.63, 3.8) is 0 Å². The summed E-state index contributed by atoms with van der Waals surface area (Å²) < 4.78 is 17.5. The Kier molecular flexibility index (Phi) is 6.23. The molecule has 2 atom stereocenters. The second kappa shape index (κ2) is 9.74. The summed E-state index contributed by atoms with van der Waals surface area (Å²) in [6.45, 7) is 4.38. The number of carbonyl (C=O) groups is 2. The number of fused-ring (bicyclic) bond motifs is 2. The molecule has 0 radical (unpaired) electrons. The lowest BCUT2D eigenvalue weighted by Crippen LogP contribution is -2.29. The molecule has 1 amide bonds. The minimum absolute atomic E-state index is 0.00732. The van der Waals surface area contributed by atoms with Crippen molar-refractivity contribution in [1.29, 1.82) is 0 Å². The van der Waals surface area contributed by atoms with E-state index >= 15 is 0 Å². The summed E-state index contributed by atoms with van der Waals surface area (Å²) in [5.41, 5.74) is 2.73. The van der Waals surface area contributed by atoms with E-state index in [9.17, 15) is 14.7 Å². The topological polar surface area (TPSA) is 98.2 Å². The monoisotopic (exact) mass is 542 g/mol. The molecule has 3 aromatic carbocycles. The van der Waals surface area contributed by atoms with E-state index in [1.807, 2.05) is 32.0 Å². The van der Waals surface area contributed by atoms with E-state index in [0.29, 0.717) is 46.3 Å². The van der Waals surface area contributed by atoms with Crippen molar-refractivity contribution in [3.05, 3.63) is 82.9 Å². The summed E-state index contributed by atoms with van der Waals surface area (Å²) in [6, 6.07) is 17.1. The van der Waals surface area contributed by atoms with Crippen LogP contribution in [0.5, 0.6) is 17.2 Å². The number of aliphatic hydroxyl groups excluding tert-OH is 1. The minimum Gasteiger partial charge on any atom is -0.507 e. The number of hydrogen-bond acceptors (Lipinski definition) is 8. The maximum absolute atomic E-state index is 13.6. The number of hydrogen-bond donors (Lipinski definition) is 1. The molecule has 6 rings (SSSR count). The largest absolute Gasteiger partial charge is 0.507 e. The number of ketones is 1. The molecule has 1 saturated heterocycles. The summed E-state index contributed by atoms with van der Waals surface area (Å²) in [6.07, 6.45) is 0.729. The number of benzene rings is 3. The number of anilines is 1. The molecule has 198 valence electrons. The summed E-state index contributed by atoms with van der Waals surface area (Å²) >= 11 is 1.28. The van der Waals surface area contributed by atoms with Crippen molar-refractivity contribution in [3.8, 4) is 17.2 Å². The lowest BCUT2D eigenvalue weighted by molar-refractivity contribution is -0.132. The second-order valence-corrected chi connectivity index (χ2v) is 10.5. The molecule has 2 aliphatic rings. The highest BCUT2D eigenvalue weighted by molar-refractivity contribution is 7.22. The van der Waals surface area contributed by atoms with Gasteiger partial charge in [-0.05, 0) is 73.5 Å². The van der Waals surface area contributed by atoms with Crippen LogP contribution in [0.25, 0.3) is 16.0 Å². The molecule has 3 heterocycles. The number of amides is 1. The predicted octanol–water partition coefficient (Wildman–Crippen LogP) is 5.65. The van der Waals surface area contributed by atoms with Gasteiger partial charge >= 0.3 is 5.91 Å². The van der Waals surface area contributed by atoms with Crippen LogP contribution in [-0.2, 0) is 16.0 Å². The summed E-state index contributed by atoms with van der Waals surface area (Å²) in [7, 11) is 1.58. The fourth-order valence-electron chi connectivity index (χ4n) is 5.11. The molecule has 0 aliphatic carbocycles. The molecule has 2 aliphatic heterocycles. The number of ether oxygens (including phenoxy) is 3. The molecular weight excluding hydrogens is 516 g/mol. The first-order valence-corrected chi connectivity index (χ1v) is 13.5. The predicted molar refractivity (Wildman–Crippen MR) is 149 cm³/mol. The van der Waals surface area contributed by atoms with Crippen LogP contribution in [-0.4, -0.2) is 41.6 Å². The van der Waals surface area contributed by atoms with Crippen molar-refractivity contribution in [2.24, 2.45) is 0 Å². The van der Waals surface area contributed by atoms with Gasteiger partial charge in [0.25, 0.3) is 5.78 Å². The summed E-state index contributed by atoms with van der Waals surface area (Å²) in [5.74, 6) is 0.330. The molecular formula is C30H26N2O6S. The minimum atomic E-state index is -0.883. The van der Waals surface area contributed by atoms with Gasteiger partial charge in [-0.2, -0.15) is 0 Å². The molecule has 1 aromatic heterocycles. The van der Waals surface area contributed by atoms with E-state index in [4.69, 9.17) is 14.2 Å². The first-order valence-electron chi connectivity index (χ1n) is 12.7. The van der Waals surface area contributed by atoms with Gasteiger partial charge in [0.05, 0.1) is 35.5 Å². The van der Waals surface area contributed by atoms with E-state index in [-0.39, 0.29) is 17.4 Å². The van der Waals surface area contributed by atoms with Crippen LogP contribution in [0, 0.1) is 0 Å². The quantitative estimate of drug-likeness (QED) is 0.191. The molecule has 0 bridgehead atoms. The average molecular weight is 543 g/mol. The molecule has 1 N–H and O–H groups in total. The van der Waals surface area contributed by atoms with Gasteiger partial charge in [-0.15, -0.1) is 0 Å². The van der Waals surface area contributed by atoms with Crippen LogP contribution >= 0.6 is 11.3 Å². The summed E-state index contributed by atoms with van der Waals surface area (Å²) in [4.78, 5) is 33.2. The zero-order chi connectivity index (χ0) is 27.3. The molecule has 9 heteroatoms. The number of aromatic nitrogens is 1. The first-order chi connectivity index (χ1) is 18.9. The molecule has 0 spiro atoms. The third-order valence-electron chi connectivity index (χ3n) is 6.91. The van der Waals surface area contributed by atoms with Gasteiger partial charge in [0, 0.05) is 12.0 Å². The van der Waals surface area contributed by atoms with Gasteiger partial charge in [-0.1, -0.05) is 23.5 Å². The highest BCUT2D eigenvalue weighted by Gasteiger charge is 2.48. The fourth-order valence-corrected chi connectivity index (χ4v) is 6.13. The Balaban J connectivity index is 1.51. The lowest BCUT2D eigenvalue weighted by atomic mass is 9.94. The maximum Gasteiger partial charge on any atom is 0.301 e. The average Bonchev–Trinajstić information content (AvgIpc) is 3.60. The number of carbonyl (C=O) groups excluding carboxylic acids is 2. The van der Waals surface area contributed by atoms with Gasteiger partial charge < -0.3 is 19.3 Å². The van der Waals surface area contributed by atoms with Gasteiger partial charge in [0.1, 0.15) is 29.1 Å². The van der Waals surface area contributed by atoms with Crippen LogP contribution in [0.3, 0.4) is 0 Å². The number of rotatable bonds is 6. The number of aliphatic hydroxyl groups is 1. The Labute approximate surface area is 229 Å². The Bertz CT molecular complexity index is 1640.